The van der Waals surface area contributed by atoms with Crippen LogP contribution in [0.4, 0.5) is 32.3 Å². The van der Waals surface area contributed by atoms with Crippen LogP contribution in [0.3, 0.4) is 0 Å². The third kappa shape index (κ3) is 34.8. The highest BCUT2D eigenvalue weighted by molar-refractivity contribution is 7.87. The summed E-state index contributed by atoms with van der Waals surface area (Å²) in [6.07, 6.45) is -9.24. The maximum Gasteiger partial charge on any atom is 0.523 e. The first-order chi connectivity index (χ1) is 50.6. The van der Waals surface area contributed by atoms with E-state index in [1.165, 1.54) is 13.8 Å². The zero-order valence-corrected chi connectivity index (χ0v) is 72.1. The highest BCUT2D eigenvalue weighted by atomic mass is 32.2. The fraction of sp³-hybridized carbons (Fsp3) is 0.803. The number of carbonyl (C=O) groups is 12. The van der Waals surface area contributed by atoms with Gasteiger partial charge < -0.3 is 98.9 Å². The van der Waals surface area contributed by atoms with Crippen molar-refractivity contribution in [3.8, 4) is 0 Å². The van der Waals surface area contributed by atoms with Gasteiger partial charge in [0.2, 0.25) is 35.3 Å². The lowest BCUT2D eigenvalue weighted by molar-refractivity contribution is -0.163. The molecule has 4 fully saturated rings. The molecular formula is C61H107F3N4O40P4S. The van der Waals surface area contributed by atoms with Gasteiger partial charge in [-0.05, 0) is 83.1 Å². The third-order valence-electron chi connectivity index (χ3n) is 13.9. The minimum Gasteiger partial charge on any atom is -0.479 e. The average molecular weight is 1750 g/mol. The molecule has 4 aliphatic rings. The van der Waals surface area contributed by atoms with E-state index in [2.05, 4.69) is 42.4 Å². The number of carboxylic acid groups (broad SMARTS) is 2. The first-order valence-electron chi connectivity index (χ1n) is 32.7. The second-order valence-electron chi connectivity index (χ2n) is 30.3. The third-order valence-corrected chi connectivity index (χ3v) is 22.9. The van der Waals surface area contributed by atoms with Gasteiger partial charge in [0.1, 0.15) is 35.6 Å². The standard InChI is InChI=1S/2C15H26NO9P.2C9H18NO7P.C7H9F3O5S.C6H10O3/c2*1-14(2,3)25-13(19)16-10(26(20,21-6)22-7)12(18)24-9-11(17)23-8-15(9,4)5;2*1-9(2,3)17-8(13)10-6(7(11)12)18(14,15-4)16-5;1-6(2)3-14-5(11)4(6)15-16(12,13)7(8,9)10;1-6(2)3-9-5(8)4(6)7/h2*9-10H,8H2,1-7H3,(H,16,19);2*6H,1-5H3,(H,10,13)(H,11,12);4H,3H2,1-2H3;4,7H,3H2,1-2H3/t2*9-,10?;;;2*4-/m11..00/s1. The molecule has 4 saturated heterocycles. The molecule has 0 aromatic heterocycles. The van der Waals surface area contributed by atoms with Crippen molar-refractivity contribution in [1.29, 1.82) is 0 Å². The molecule has 4 unspecified atom stereocenters. The number of ether oxygens (including phenoxy) is 10. The van der Waals surface area contributed by atoms with E-state index in [1.807, 2.05) is 10.6 Å². The summed E-state index contributed by atoms with van der Waals surface area (Å²) in [7, 11) is -13.7. The number of alkyl carbamates (subject to hydrolysis) is 4. The fourth-order valence-corrected chi connectivity index (χ4v) is 13.2. The summed E-state index contributed by atoms with van der Waals surface area (Å²) in [5.74, 6) is -15.8. The van der Waals surface area contributed by atoms with Gasteiger partial charge in [0.15, 0.2) is 12.2 Å². The molecule has 0 aromatic rings. The van der Waals surface area contributed by atoms with E-state index in [9.17, 15) is 97.4 Å². The summed E-state index contributed by atoms with van der Waals surface area (Å²) in [6, 6.07) is 0. The molecule has 4 heterocycles. The number of hydrogen-bond acceptors (Lipinski definition) is 38. The number of hydrogen-bond donors (Lipinski definition) is 7. The molecule has 44 nitrogen and oxygen atoms in total. The van der Waals surface area contributed by atoms with Crippen molar-refractivity contribution in [2.45, 2.75) is 214 Å². The SMILES string of the molecule is CC1(C)COC(=O)[C@@H]1O.CC1(C)COC(=O)[C@@H]1OS(=O)(=O)C(F)(F)F.COP(=O)(OC)C(NC(=O)OC(C)(C)C)C(=O)O.COP(=O)(OC)C(NC(=O)OC(C)(C)C)C(=O)O.COP(=O)(OC)C(NC(=O)OC(C)(C)C)C(=O)O[C@@H]1C(=O)OCC1(C)C.COP(=O)(OC)C(NC(=O)OC(C)(C)C)C(=O)O[C@@H]1C(=O)OCC1(C)C. The minimum atomic E-state index is -5.79. The van der Waals surface area contributed by atoms with Crippen molar-refractivity contribution in [2.75, 3.05) is 83.3 Å². The van der Waals surface area contributed by atoms with Crippen molar-refractivity contribution in [2.24, 2.45) is 21.7 Å². The van der Waals surface area contributed by atoms with Gasteiger partial charge in [-0.3, -0.25) is 39.5 Å². The second-order valence-corrected chi connectivity index (χ2v) is 41.2. The molecule has 4 rings (SSSR count). The number of rotatable bonds is 24. The summed E-state index contributed by atoms with van der Waals surface area (Å²) in [6.45, 7) is 32.6. The van der Waals surface area contributed by atoms with E-state index in [0.29, 0.717) is 6.61 Å². The Morgan fingerprint density at radius 2 is 0.602 bits per heavy atom. The molecule has 0 bridgehead atoms. The first kappa shape index (κ1) is 108. The van der Waals surface area contributed by atoms with Crippen LogP contribution in [0.2, 0.25) is 0 Å². The molecule has 4 amide bonds. The highest BCUT2D eigenvalue weighted by Gasteiger charge is 2.57. The number of aliphatic hydroxyl groups is 1. The van der Waals surface area contributed by atoms with E-state index in [-0.39, 0.29) is 19.8 Å². The first-order valence-corrected chi connectivity index (χ1v) is 40.5. The smallest absolute Gasteiger partial charge is 0.479 e. The van der Waals surface area contributed by atoms with E-state index in [1.54, 1.807) is 125 Å². The Bertz CT molecular complexity index is 3450. The molecular weight excluding hydrogens is 1640 g/mol. The van der Waals surface area contributed by atoms with E-state index in [0.717, 1.165) is 56.9 Å². The summed E-state index contributed by atoms with van der Waals surface area (Å²) >= 11 is 0. The van der Waals surface area contributed by atoms with Gasteiger partial charge in [-0.15, -0.1) is 0 Å². The fourth-order valence-electron chi connectivity index (χ4n) is 7.95. The van der Waals surface area contributed by atoms with Crippen LogP contribution in [0.15, 0.2) is 0 Å². The van der Waals surface area contributed by atoms with Crippen LogP contribution in [-0.4, -0.2) is 255 Å². The number of aliphatic hydroxyl groups excluding tert-OH is 1. The Kier molecular flexibility index (Phi) is 40.5. The van der Waals surface area contributed by atoms with Crippen molar-refractivity contribution in [1.82, 2.24) is 21.3 Å². The van der Waals surface area contributed by atoms with Gasteiger partial charge in [0.25, 0.3) is 0 Å². The van der Waals surface area contributed by atoms with E-state index in [4.69, 9.17) is 71.3 Å². The lowest BCUT2D eigenvalue weighted by atomic mass is 9.90. The van der Waals surface area contributed by atoms with Crippen molar-refractivity contribution >= 4 is 113 Å². The number of nitrogens with one attached hydrogen (secondary N) is 4. The molecule has 8 atom stereocenters. The summed E-state index contributed by atoms with van der Waals surface area (Å²) in [5, 5.41) is 35.0. The van der Waals surface area contributed by atoms with Crippen LogP contribution in [0.5, 0.6) is 0 Å². The van der Waals surface area contributed by atoms with Crippen molar-refractivity contribution in [3.05, 3.63) is 0 Å². The largest absolute Gasteiger partial charge is 0.523 e. The quantitative estimate of drug-likeness (QED) is 0.0165. The molecule has 0 spiro atoms. The van der Waals surface area contributed by atoms with Crippen molar-refractivity contribution in [3.63, 3.8) is 0 Å². The van der Waals surface area contributed by atoms with Gasteiger partial charge in [-0.1, -0.05) is 55.4 Å². The van der Waals surface area contributed by atoms with Crippen LogP contribution < -0.4 is 21.3 Å². The van der Waals surface area contributed by atoms with Gasteiger partial charge in [-0.25, -0.2) is 61.7 Å². The molecule has 0 aromatic carbocycles. The number of halogens is 3. The van der Waals surface area contributed by atoms with E-state index >= 15 is 0 Å². The normalized spacial score (nSPS) is 20.2. The zero-order chi connectivity index (χ0) is 89.6. The predicted molar refractivity (Wildman–Crippen MR) is 379 cm³/mol. The maximum absolute atomic E-state index is 12.7. The maximum atomic E-state index is 12.7. The molecule has 7 N–H and O–H groups in total. The van der Waals surface area contributed by atoms with Gasteiger partial charge in [0.05, 0.1) is 13.2 Å². The number of alkyl halides is 3. The number of cyclic esters (lactones) is 4. The highest BCUT2D eigenvalue weighted by Crippen LogP contribution is 2.54. The van der Waals surface area contributed by atoms with E-state index < -0.39 is 210 Å². The molecule has 0 radical (unpaired) electrons. The summed E-state index contributed by atoms with van der Waals surface area (Å²) in [5.41, 5.74) is -12.0. The Morgan fingerprint density at radius 3 is 0.761 bits per heavy atom. The molecule has 113 heavy (non-hydrogen) atoms. The molecule has 4 aliphatic heterocycles. The lowest BCUT2D eigenvalue weighted by Gasteiger charge is -2.28. The zero-order valence-electron chi connectivity index (χ0n) is 67.7. The average Bonchev–Trinajstić information content (AvgIpc) is 1.30. The predicted octanol–water partition coefficient (Wildman–Crippen LogP) is 7.19. The lowest BCUT2D eigenvalue weighted by Crippen LogP contribution is -2.47. The number of aliphatic carboxylic acids is 2. The number of carbonyl (C=O) groups excluding carboxylic acids is 10. The van der Waals surface area contributed by atoms with Crippen LogP contribution in [-0.2, 0) is 154 Å². The monoisotopic (exact) mass is 1750 g/mol. The number of carboxylic acids is 2. The van der Waals surface area contributed by atoms with Crippen LogP contribution in [0.1, 0.15) is 138 Å². The Labute approximate surface area is 651 Å². The summed E-state index contributed by atoms with van der Waals surface area (Å²) < 4.78 is 197. The van der Waals surface area contributed by atoms with Gasteiger partial charge >= 0.3 is 118 Å². The Hall–Kier alpha value is -6.90. The topological polar surface area (TPSA) is 591 Å². The Morgan fingerprint density at radius 1 is 0.398 bits per heavy atom. The summed E-state index contributed by atoms with van der Waals surface area (Å²) in [4.78, 5) is 139. The molecule has 0 aliphatic carbocycles. The molecule has 658 valence electrons. The molecule has 52 heteroatoms. The van der Waals surface area contributed by atoms with Crippen LogP contribution in [0.25, 0.3) is 0 Å². The van der Waals surface area contributed by atoms with Crippen LogP contribution in [0, 0.1) is 21.7 Å². The second kappa shape index (κ2) is 42.3. The van der Waals surface area contributed by atoms with Gasteiger partial charge in [0, 0.05) is 78.5 Å². The molecule has 0 saturated carbocycles. The number of amides is 4. The van der Waals surface area contributed by atoms with Crippen LogP contribution >= 0.6 is 30.4 Å². The number of esters is 6. The van der Waals surface area contributed by atoms with Crippen molar-refractivity contribution < 1.29 is 200 Å². The minimum absolute atomic E-state index is 0.0557. The van der Waals surface area contributed by atoms with Gasteiger partial charge in [-0.2, -0.15) is 21.6 Å². The Balaban J connectivity index is 0.